The van der Waals surface area contributed by atoms with E-state index >= 15 is 0 Å². The van der Waals surface area contributed by atoms with Gasteiger partial charge in [0, 0.05) is 18.9 Å². The minimum Gasteiger partial charge on any atom is -0.349 e. The highest BCUT2D eigenvalue weighted by Crippen LogP contribution is 2.51. The van der Waals surface area contributed by atoms with Gasteiger partial charge in [0.05, 0.1) is 6.04 Å². The Morgan fingerprint density at radius 1 is 1.15 bits per heavy atom. The number of carbonyl (C=O) groups is 1. The van der Waals surface area contributed by atoms with Crippen LogP contribution in [0.15, 0.2) is 24.3 Å². The Morgan fingerprint density at radius 3 is 2.56 bits per heavy atom. The van der Waals surface area contributed by atoms with Crippen LogP contribution in [0.4, 0.5) is 0 Å². The maximum atomic E-state index is 11.7. The lowest BCUT2D eigenvalue weighted by molar-refractivity contribution is -0.119. The van der Waals surface area contributed by atoms with Crippen LogP contribution in [0.5, 0.6) is 0 Å². The zero-order valence-electron chi connectivity index (χ0n) is 16.8. The molecule has 1 heterocycles. The van der Waals surface area contributed by atoms with Crippen LogP contribution in [-0.4, -0.2) is 30.4 Å². The molecule has 0 unspecified atom stereocenters. The molecule has 5 aliphatic rings. The predicted octanol–water partition coefficient (Wildman–Crippen LogP) is 4.43. The summed E-state index contributed by atoms with van der Waals surface area (Å²) in [6.45, 7) is 5.45. The Morgan fingerprint density at radius 2 is 1.89 bits per heavy atom. The molecule has 3 saturated carbocycles. The summed E-state index contributed by atoms with van der Waals surface area (Å²) >= 11 is 0. The molecule has 0 radical (unpaired) electrons. The van der Waals surface area contributed by atoms with Crippen LogP contribution in [0.2, 0.25) is 0 Å². The second-order valence-electron chi connectivity index (χ2n) is 9.90. The van der Waals surface area contributed by atoms with Gasteiger partial charge in [-0.2, -0.15) is 0 Å². The molecule has 27 heavy (non-hydrogen) atoms. The summed E-state index contributed by atoms with van der Waals surface area (Å²) in [4.78, 5) is 14.5. The number of benzene rings is 1. The van der Waals surface area contributed by atoms with Crippen molar-refractivity contribution in [1.29, 1.82) is 0 Å². The highest BCUT2D eigenvalue weighted by Gasteiger charge is 2.46. The lowest BCUT2D eigenvalue weighted by atomic mass is 9.64. The fourth-order valence-corrected chi connectivity index (χ4v) is 6.98. The largest absolute Gasteiger partial charge is 0.349 e. The van der Waals surface area contributed by atoms with E-state index in [1.54, 1.807) is 6.92 Å². The fraction of sp³-hybridized carbons (Fsp3) is 0.708. The van der Waals surface area contributed by atoms with Crippen LogP contribution >= 0.6 is 0 Å². The number of amides is 1. The molecular weight excluding hydrogens is 332 g/mol. The average Bonchev–Trinajstić information content (AvgIpc) is 2.98. The zero-order chi connectivity index (χ0) is 18.4. The molecule has 6 rings (SSSR count). The number of nitrogens with one attached hydrogen (secondary N) is 1. The van der Waals surface area contributed by atoms with Gasteiger partial charge in [-0.1, -0.05) is 37.1 Å². The molecule has 1 spiro atoms. The Labute approximate surface area is 163 Å². The molecule has 1 aromatic rings. The van der Waals surface area contributed by atoms with Crippen molar-refractivity contribution in [3.05, 3.63) is 35.4 Å². The Hall–Kier alpha value is -1.35. The number of carbonyl (C=O) groups excluding carboxylic acids is 1. The van der Waals surface area contributed by atoms with E-state index in [9.17, 15) is 4.79 Å². The number of rotatable bonds is 3. The first-order chi connectivity index (χ1) is 13.1. The van der Waals surface area contributed by atoms with Crippen LogP contribution < -0.4 is 5.32 Å². The molecule has 4 fully saturated rings. The van der Waals surface area contributed by atoms with Gasteiger partial charge in [-0.15, -0.1) is 0 Å². The number of fused-ring (bicyclic) bond motifs is 5. The van der Waals surface area contributed by atoms with Crippen molar-refractivity contribution in [2.75, 3.05) is 19.6 Å². The lowest BCUT2D eigenvalue weighted by Gasteiger charge is -2.46. The van der Waals surface area contributed by atoms with E-state index in [4.69, 9.17) is 0 Å². The van der Waals surface area contributed by atoms with Crippen molar-refractivity contribution in [1.82, 2.24) is 10.2 Å². The lowest BCUT2D eigenvalue weighted by Crippen LogP contribution is -2.46. The maximum Gasteiger partial charge on any atom is 0.217 e. The third-order valence-electron chi connectivity index (χ3n) is 8.38. The Balaban J connectivity index is 1.26. The molecule has 0 aromatic heterocycles. The summed E-state index contributed by atoms with van der Waals surface area (Å²) in [5.74, 6) is 3.12. The van der Waals surface area contributed by atoms with Gasteiger partial charge in [0.1, 0.15) is 0 Å². The van der Waals surface area contributed by atoms with Crippen LogP contribution in [0.1, 0.15) is 75.5 Å². The first-order valence-corrected chi connectivity index (χ1v) is 11.2. The van der Waals surface area contributed by atoms with Gasteiger partial charge >= 0.3 is 0 Å². The van der Waals surface area contributed by atoms with Crippen LogP contribution in [0.3, 0.4) is 0 Å². The van der Waals surface area contributed by atoms with Crippen molar-refractivity contribution in [3.8, 4) is 0 Å². The van der Waals surface area contributed by atoms with E-state index in [0.717, 1.165) is 24.2 Å². The summed E-state index contributed by atoms with van der Waals surface area (Å²) in [5.41, 5.74) is 3.16. The van der Waals surface area contributed by atoms with E-state index in [0.29, 0.717) is 0 Å². The summed E-state index contributed by atoms with van der Waals surface area (Å²) in [7, 11) is 0. The molecule has 1 N–H and O–H groups in total. The van der Waals surface area contributed by atoms with E-state index < -0.39 is 0 Å². The van der Waals surface area contributed by atoms with Gasteiger partial charge in [0.25, 0.3) is 0 Å². The summed E-state index contributed by atoms with van der Waals surface area (Å²) < 4.78 is 0. The fourth-order valence-electron chi connectivity index (χ4n) is 6.98. The van der Waals surface area contributed by atoms with Crippen molar-refractivity contribution in [3.63, 3.8) is 0 Å². The minimum atomic E-state index is 0.0941. The molecule has 3 nitrogen and oxygen atoms in total. The number of piperidine rings is 1. The smallest absolute Gasteiger partial charge is 0.217 e. The first kappa shape index (κ1) is 17.7. The number of nitrogens with zero attached hydrogens (tertiary/aromatic N) is 1. The molecular formula is C24H34N2O. The van der Waals surface area contributed by atoms with Crippen molar-refractivity contribution < 1.29 is 4.79 Å². The standard InChI is InChI=1S/C24H34N2O/c1-17(27)25-23-15-24(22-5-3-2-4-21(22)23)10-12-26(13-11-24)16-20-14-18-6-8-19(20)9-7-18/h2-5,18-20,23H,6-16H2,1H3,(H,25,27)/t18?,19?,20-,23+/m1/s1. The van der Waals surface area contributed by atoms with Crippen LogP contribution in [-0.2, 0) is 10.2 Å². The molecule has 2 atom stereocenters. The Bertz CT molecular complexity index is 698. The van der Waals surface area contributed by atoms with Gasteiger partial charge in [0.15, 0.2) is 0 Å². The maximum absolute atomic E-state index is 11.7. The highest BCUT2D eigenvalue weighted by molar-refractivity contribution is 5.73. The second-order valence-corrected chi connectivity index (χ2v) is 9.90. The third-order valence-corrected chi connectivity index (χ3v) is 8.38. The van der Waals surface area contributed by atoms with E-state index in [-0.39, 0.29) is 17.4 Å². The highest BCUT2D eigenvalue weighted by atomic mass is 16.1. The van der Waals surface area contributed by atoms with Gasteiger partial charge in [-0.25, -0.2) is 0 Å². The number of hydrogen-bond acceptors (Lipinski definition) is 2. The molecule has 1 saturated heterocycles. The van der Waals surface area contributed by atoms with Gasteiger partial charge in [-0.3, -0.25) is 4.79 Å². The molecule has 146 valence electrons. The molecule has 1 amide bonds. The van der Waals surface area contributed by atoms with Crippen LogP contribution in [0, 0.1) is 17.8 Å². The molecule has 3 heteroatoms. The van der Waals surface area contributed by atoms with Crippen molar-refractivity contribution in [2.24, 2.45) is 17.8 Å². The molecule has 1 aromatic carbocycles. The zero-order valence-corrected chi connectivity index (χ0v) is 16.8. The molecule has 2 bridgehead atoms. The van der Waals surface area contributed by atoms with Crippen molar-refractivity contribution in [2.45, 2.75) is 69.7 Å². The predicted molar refractivity (Wildman–Crippen MR) is 109 cm³/mol. The average molecular weight is 367 g/mol. The summed E-state index contributed by atoms with van der Waals surface area (Å²) in [5, 5.41) is 3.21. The first-order valence-electron chi connectivity index (χ1n) is 11.2. The van der Waals surface area contributed by atoms with Crippen molar-refractivity contribution >= 4 is 5.91 Å². The van der Waals surface area contributed by atoms with Gasteiger partial charge in [0.2, 0.25) is 5.91 Å². The second kappa shape index (κ2) is 6.92. The van der Waals surface area contributed by atoms with E-state index in [1.165, 1.54) is 75.7 Å². The number of hydrogen-bond donors (Lipinski definition) is 1. The SMILES string of the molecule is CC(=O)N[C@H]1CC2(CCN(C[C@H]3CC4CCC3CC4)CC2)c2ccccc21. The van der Waals surface area contributed by atoms with E-state index in [1.807, 2.05) is 0 Å². The molecule has 4 aliphatic carbocycles. The summed E-state index contributed by atoms with van der Waals surface area (Å²) in [6.07, 6.45) is 11.1. The topological polar surface area (TPSA) is 32.3 Å². The quantitative estimate of drug-likeness (QED) is 0.858. The van der Waals surface area contributed by atoms with Gasteiger partial charge in [-0.05, 0) is 80.5 Å². The van der Waals surface area contributed by atoms with Crippen LogP contribution in [0.25, 0.3) is 0 Å². The van der Waals surface area contributed by atoms with Gasteiger partial charge < -0.3 is 10.2 Å². The van der Waals surface area contributed by atoms with E-state index in [2.05, 4.69) is 34.5 Å². The summed E-state index contributed by atoms with van der Waals surface area (Å²) in [6, 6.07) is 9.07. The minimum absolute atomic E-state index is 0.0941. The third kappa shape index (κ3) is 3.22. The number of likely N-dealkylation sites (tertiary alicyclic amines) is 1. The molecule has 1 aliphatic heterocycles. The Kier molecular flexibility index (Phi) is 4.54. The monoisotopic (exact) mass is 366 g/mol. The normalized spacial score (nSPS) is 34.6.